The molecule has 2 aromatic heterocycles. The van der Waals surface area contributed by atoms with Gasteiger partial charge in [-0.2, -0.15) is 13.9 Å². The Kier molecular flexibility index (Phi) is 3.95. The quantitative estimate of drug-likeness (QED) is 0.843. The zero-order valence-electron chi connectivity index (χ0n) is 13.2. The van der Waals surface area contributed by atoms with Gasteiger partial charge >= 0.3 is 0 Å². The number of fused-ring (bicyclic) bond motifs is 2. The number of aryl methyl sites for hydroxylation is 1. The fraction of sp³-hybridized carbons (Fsp3) is 0.562. The number of piperidine rings is 1. The molecule has 4 nitrogen and oxygen atoms in total. The summed E-state index contributed by atoms with van der Waals surface area (Å²) >= 11 is 7.28. The van der Waals surface area contributed by atoms with E-state index in [1.165, 1.54) is 17.4 Å². The van der Waals surface area contributed by atoms with Crippen molar-refractivity contribution in [3.8, 4) is 0 Å². The summed E-state index contributed by atoms with van der Waals surface area (Å²) < 4.78 is 34.6. The maximum absolute atomic E-state index is 14.2. The van der Waals surface area contributed by atoms with Gasteiger partial charge in [0.15, 0.2) is 0 Å². The smallest absolute Gasteiger partial charge is 0.297 e. The molecule has 4 heterocycles. The van der Waals surface area contributed by atoms with Gasteiger partial charge in [-0.15, -0.1) is 11.3 Å². The number of nitrogens with one attached hydrogen (secondary N) is 2. The number of ether oxygens (including phenoxy) is 1. The molecule has 0 saturated carbocycles. The molecule has 0 amide bonds. The van der Waals surface area contributed by atoms with Crippen LogP contribution in [0.4, 0.5) is 8.78 Å². The molecular formula is C16H18ClF2N3OS. The Morgan fingerprint density at radius 2 is 2.33 bits per heavy atom. The van der Waals surface area contributed by atoms with Gasteiger partial charge in [-0.1, -0.05) is 11.6 Å². The van der Waals surface area contributed by atoms with Gasteiger partial charge in [-0.05, 0) is 44.4 Å². The molecule has 0 aliphatic carbocycles. The molecule has 2 aliphatic rings. The molecule has 130 valence electrons. The second kappa shape index (κ2) is 5.76. The molecule has 2 unspecified atom stereocenters. The zero-order valence-corrected chi connectivity index (χ0v) is 14.7. The number of hydrogen-bond donors (Lipinski definition) is 2. The van der Waals surface area contributed by atoms with Crippen LogP contribution in [-0.4, -0.2) is 29.4 Å². The van der Waals surface area contributed by atoms with Crippen LogP contribution in [0.15, 0.2) is 12.3 Å². The van der Waals surface area contributed by atoms with Crippen molar-refractivity contribution in [3.05, 3.63) is 38.3 Å². The molecule has 4 rings (SSSR count). The Morgan fingerprint density at radius 1 is 1.50 bits per heavy atom. The lowest BCUT2D eigenvalue weighted by atomic mass is 9.80. The second-order valence-electron chi connectivity index (χ2n) is 6.61. The lowest BCUT2D eigenvalue weighted by Gasteiger charge is -2.45. The minimum atomic E-state index is -2.97. The Balaban J connectivity index is 1.64. The van der Waals surface area contributed by atoms with Crippen LogP contribution in [-0.2, 0) is 22.7 Å². The molecule has 2 N–H and O–H groups in total. The molecule has 0 bridgehead atoms. The van der Waals surface area contributed by atoms with E-state index in [1.54, 1.807) is 0 Å². The first-order valence-corrected chi connectivity index (χ1v) is 9.13. The summed E-state index contributed by atoms with van der Waals surface area (Å²) in [5.41, 5.74) is 1.55. The van der Waals surface area contributed by atoms with Crippen molar-refractivity contribution in [2.45, 2.75) is 43.8 Å². The number of aromatic amines is 1. The Bertz CT molecular complexity index is 762. The van der Waals surface area contributed by atoms with Gasteiger partial charge in [0.25, 0.3) is 5.92 Å². The average molecular weight is 374 g/mol. The van der Waals surface area contributed by atoms with Crippen LogP contribution in [0.3, 0.4) is 0 Å². The van der Waals surface area contributed by atoms with E-state index in [4.69, 9.17) is 16.3 Å². The Labute approximate surface area is 147 Å². The third-order valence-corrected chi connectivity index (χ3v) is 6.43. The van der Waals surface area contributed by atoms with Crippen molar-refractivity contribution in [2.24, 2.45) is 0 Å². The maximum Gasteiger partial charge on any atom is 0.297 e. The maximum atomic E-state index is 14.2. The third kappa shape index (κ3) is 2.67. The highest BCUT2D eigenvalue weighted by molar-refractivity contribution is 7.16. The summed E-state index contributed by atoms with van der Waals surface area (Å²) in [7, 11) is 0. The summed E-state index contributed by atoms with van der Waals surface area (Å²) in [6.07, 6.45) is 3.94. The number of H-pyrrole nitrogens is 1. The van der Waals surface area contributed by atoms with Crippen LogP contribution in [0.25, 0.3) is 0 Å². The van der Waals surface area contributed by atoms with Crippen molar-refractivity contribution in [1.29, 1.82) is 0 Å². The number of hydrogen-bond acceptors (Lipinski definition) is 4. The van der Waals surface area contributed by atoms with Crippen LogP contribution in [0, 0.1) is 6.92 Å². The zero-order chi connectivity index (χ0) is 16.9. The van der Waals surface area contributed by atoms with Gasteiger partial charge in [0, 0.05) is 22.2 Å². The fourth-order valence-electron chi connectivity index (χ4n) is 3.72. The molecule has 8 heteroatoms. The van der Waals surface area contributed by atoms with Crippen LogP contribution in [0.1, 0.15) is 34.5 Å². The highest BCUT2D eigenvalue weighted by Crippen LogP contribution is 2.52. The van der Waals surface area contributed by atoms with Gasteiger partial charge in [0.1, 0.15) is 12.2 Å². The normalized spacial score (nSPS) is 28.9. The number of thiophene rings is 1. The average Bonchev–Trinajstić information content (AvgIpc) is 3.12. The predicted molar refractivity (Wildman–Crippen MR) is 88.9 cm³/mol. The summed E-state index contributed by atoms with van der Waals surface area (Å²) in [4.78, 5) is 0.596. The van der Waals surface area contributed by atoms with E-state index in [9.17, 15) is 8.78 Å². The van der Waals surface area contributed by atoms with Gasteiger partial charge in [0.2, 0.25) is 0 Å². The van der Waals surface area contributed by atoms with Crippen LogP contribution in [0.2, 0.25) is 4.34 Å². The summed E-state index contributed by atoms with van der Waals surface area (Å²) in [5, 5.41) is 10.5. The van der Waals surface area contributed by atoms with E-state index in [-0.39, 0.29) is 11.6 Å². The molecule has 2 atom stereocenters. The molecule has 2 aliphatic heterocycles. The largest absolute Gasteiger partial charge is 0.363 e. The van der Waals surface area contributed by atoms with Crippen LogP contribution >= 0.6 is 22.9 Å². The Hall–Kier alpha value is -1.02. The van der Waals surface area contributed by atoms with Gasteiger partial charge in [-0.25, -0.2) is 0 Å². The van der Waals surface area contributed by atoms with Gasteiger partial charge in [0.05, 0.1) is 10.5 Å². The molecule has 1 fully saturated rings. The molecule has 0 aromatic carbocycles. The third-order valence-electron chi connectivity index (χ3n) is 4.98. The van der Waals surface area contributed by atoms with E-state index in [1.807, 2.05) is 13.1 Å². The van der Waals surface area contributed by atoms with Crippen molar-refractivity contribution in [1.82, 2.24) is 15.5 Å². The topological polar surface area (TPSA) is 49.9 Å². The molecule has 1 saturated heterocycles. The molecule has 1 spiro atoms. The Morgan fingerprint density at radius 3 is 3.08 bits per heavy atom. The van der Waals surface area contributed by atoms with E-state index >= 15 is 0 Å². The van der Waals surface area contributed by atoms with Crippen molar-refractivity contribution < 1.29 is 13.5 Å². The number of rotatable bonds is 2. The molecule has 2 aromatic rings. The number of aromatic nitrogens is 2. The van der Waals surface area contributed by atoms with Crippen molar-refractivity contribution in [2.75, 3.05) is 13.2 Å². The lowest BCUT2D eigenvalue weighted by molar-refractivity contribution is -0.178. The minimum absolute atomic E-state index is 0.0453. The summed E-state index contributed by atoms with van der Waals surface area (Å²) in [6.45, 7) is 2.13. The van der Waals surface area contributed by atoms with Crippen molar-refractivity contribution >= 4 is 22.9 Å². The summed E-state index contributed by atoms with van der Waals surface area (Å²) in [5.74, 6) is -2.97. The molecule has 0 radical (unpaired) electrons. The predicted octanol–water partition coefficient (Wildman–Crippen LogP) is 3.75. The number of nitrogens with zero attached hydrogens (tertiary/aromatic N) is 1. The molecule has 24 heavy (non-hydrogen) atoms. The standard InChI is InChI=1S/C16H18ClF2N3OS/c1-9-10(7-21-22-9)4-11-6-15(2-3-20-11)14-12(5-13(17)24-14)16(18,19)8-23-15/h5,7,11,20H,2-4,6,8H2,1H3,(H,21,22). The molecular weight excluding hydrogens is 356 g/mol. The highest BCUT2D eigenvalue weighted by atomic mass is 35.5. The fourth-order valence-corrected chi connectivity index (χ4v) is 5.18. The highest BCUT2D eigenvalue weighted by Gasteiger charge is 2.52. The summed E-state index contributed by atoms with van der Waals surface area (Å²) in [6, 6.07) is 1.55. The first kappa shape index (κ1) is 16.4. The van der Waals surface area contributed by atoms with E-state index in [0.29, 0.717) is 22.1 Å². The monoisotopic (exact) mass is 373 g/mol. The second-order valence-corrected chi connectivity index (χ2v) is 8.29. The van der Waals surface area contributed by atoms with Gasteiger partial charge in [-0.3, -0.25) is 5.10 Å². The van der Waals surface area contributed by atoms with Crippen LogP contribution in [0.5, 0.6) is 0 Å². The van der Waals surface area contributed by atoms with Crippen molar-refractivity contribution in [3.63, 3.8) is 0 Å². The lowest BCUT2D eigenvalue weighted by Crippen LogP contribution is -2.52. The minimum Gasteiger partial charge on any atom is -0.363 e. The number of alkyl halides is 2. The van der Waals surface area contributed by atoms with E-state index in [0.717, 1.165) is 24.2 Å². The van der Waals surface area contributed by atoms with E-state index in [2.05, 4.69) is 15.5 Å². The SMILES string of the molecule is Cc1[nH]ncc1CC1CC2(CCN1)OCC(F)(F)c1cc(Cl)sc12. The first-order chi connectivity index (χ1) is 11.4. The van der Waals surface area contributed by atoms with E-state index < -0.39 is 18.1 Å². The van der Waals surface area contributed by atoms with Gasteiger partial charge < -0.3 is 10.1 Å². The first-order valence-electron chi connectivity index (χ1n) is 7.94. The van der Waals surface area contributed by atoms with Crippen LogP contribution < -0.4 is 5.32 Å². The number of halogens is 3.